The fourth-order valence-electron chi connectivity index (χ4n) is 3.91. The highest BCUT2D eigenvalue weighted by molar-refractivity contribution is 5.46. The molecule has 2 aromatic heterocycles. The smallest absolute Gasteiger partial charge is 0.293 e. The first-order chi connectivity index (χ1) is 16.9. The second-order valence-electron chi connectivity index (χ2n) is 8.32. The van der Waals surface area contributed by atoms with Crippen molar-refractivity contribution >= 4 is 12.9 Å². The molecule has 186 valence electrons. The number of fused-ring (bicyclic) bond motifs is 1. The zero-order valence-corrected chi connectivity index (χ0v) is 20.0. The lowest BCUT2D eigenvalue weighted by Gasteiger charge is -2.27. The second kappa shape index (κ2) is 12.6. The van der Waals surface area contributed by atoms with Gasteiger partial charge >= 0.3 is 0 Å². The Balaban J connectivity index is 1.63. The number of aromatic nitrogens is 3. The lowest BCUT2D eigenvalue weighted by molar-refractivity contribution is -0.134. The largest absolute Gasteiger partial charge is 0.461 e. The molecule has 1 amide bonds. The molecule has 0 bridgehead atoms. The van der Waals surface area contributed by atoms with Crippen molar-refractivity contribution in [3.8, 4) is 0 Å². The zero-order chi connectivity index (χ0) is 25.2. The molecule has 10 heteroatoms. The van der Waals surface area contributed by atoms with Crippen LogP contribution in [0.3, 0.4) is 0 Å². The second-order valence-corrected chi connectivity index (χ2v) is 8.32. The highest BCUT2D eigenvalue weighted by Crippen LogP contribution is 2.27. The van der Waals surface area contributed by atoms with Crippen LogP contribution in [0, 0.1) is 0 Å². The number of hydrogen-bond acceptors (Lipinski definition) is 7. The number of rotatable bonds is 14. The molecule has 0 spiro atoms. The molecule has 0 aromatic carbocycles. The summed E-state index contributed by atoms with van der Waals surface area (Å²) < 4.78 is 22.2. The van der Waals surface area contributed by atoms with Gasteiger partial charge in [-0.25, -0.2) is 4.39 Å². The SMILES string of the molecule is C=C/C=C(\C=C(\F)C(C)N1Cc2cn(Cc3ccccn3)nc2C1)N(C)CC(CNC=O)OC=O. The fraction of sp³-hybridized carbons (Fsp3) is 0.360. The van der Waals surface area contributed by atoms with Crippen LogP contribution in [0.25, 0.3) is 0 Å². The van der Waals surface area contributed by atoms with Crippen LogP contribution >= 0.6 is 0 Å². The van der Waals surface area contributed by atoms with Gasteiger partial charge in [0.2, 0.25) is 6.41 Å². The van der Waals surface area contributed by atoms with Gasteiger partial charge in [0.1, 0.15) is 11.9 Å². The average Bonchev–Trinajstić information content (AvgIpc) is 3.41. The molecule has 9 nitrogen and oxygen atoms in total. The number of nitrogens with zero attached hydrogens (tertiary/aromatic N) is 5. The number of carbonyl (C=O) groups excluding carboxylic acids is 2. The van der Waals surface area contributed by atoms with E-state index in [-0.39, 0.29) is 18.9 Å². The van der Waals surface area contributed by atoms with Crippen molar-refractivity contribution < 1.29 is 18.7 Å². The van der Waals surface area contributed by atoms with E-state index < -0.39 is 12.1 Å². The van der Waals surface area contributed by atoms with Crippen LogP contribution in [0.4, 0.5) is 4.39 Å². The van der Waals surface area contributed by atoms with Crippen LogP contribution in [-0.4, -0.2) is 69.7 Å². The zero-order valence-electron chi connectivity index (χ0n) is 20.0. The molecule has 0 aliphatic carbocycles. The summed E-state index contributed by atoms with van der Waals surface area (Å²) in [6, 6.07) is 5.32. The van der Waals surface area contributed by atoms with Gasteiger partial charge in [0.15, 0.2) is 0 Å². The summed E-state index contributed by atoms with van der Waals surface area (Å²) in [6.07, 6.45) is 8.40. The van der Waals surface area contributed by atoms with Gasteiger partial charge < -0.3 is 15.0 Å². The first-order valence-electron chi connectivity index (χ1n) is 11.3. The minimum Gasteiger partial charge on any atom is -0.461 e. The maximum atomic E-state index is 15.3. The van der Waals surface area contributed by atoms with Crippen LogP contribution < -0.4 is 5.32 Å². The van der Waals surface area contributed by atoms with Crippen molar-refractivity contribution in [1.29, 1.82) is 0 Å². The van der Waals surface area contributed by atoms with E-state index in [0.717, 1.165) is 17.0 Å². The van der Waals surface area contributed by atoms with Gasteiger partial charge in [-0.05, 0) is 31.2 Å². The van der Waals surface area contributed by atoms with Gasteiger partial charge in [-0.3, -0.25) is 24.2 Å². The molecule has 0 saturated carbocycles. The fourth-order valence-corrected chi connectivity index (χ4v) is 3.91. The van der Waals surface area contributed by atoms with E-state index in [4.69, 9.17) is 4.74 Å². The summed E-state index contributed by atoms with van der Waals surface area (Å²) in [4.78, 5) is 29.5. The number of likely N-dealkylation sites (N-methyl/N-ethyl adjacent to an activating group) is 1. The summed E-state index contributed by atoms with van der Waals surface area (Å²) in [5.74, 6) is -0.310. The van der Waals surface area contributed by atoms with Gasteiger partial charge in [0.05, 0.1) is 37.1 Å². The molecule has 35 heavy (non-hydrogen) atoms. The van der Waals surface area contributed by atoms with E-state index in [0.29, 0.717) is 38.2 Å². The molecule has 0 fully saturated rings. The Kier molecular flexibility index (Phi) is 9.31. The first-order valence-corrected chi connectivity index (χ1v) is 11.3. The predicted octanol–water partition coefficient (Wildman–Crippen LogP) is 2.17. The molecule has 3 heterocycles. The number of allylic oxidation sites excluding steroid dienone is 3. The van der Waals surface area contributed by atoms with E-state index in [1.165, 1.54) is 6.08 Å². The van der Waals surface area contributed by atoms with E-state index in [9.17, 15) is 9.59 Å². The van der Waals surface area contributed by atoms with Crippen molar-refractivity contribution in [2.24, 2.45) is 0 Å². The third-order valence-electron chi connectivity index (χ3n) is 5.82. The summed E-state index contributed by atoms with van der Waals surface area (Å²) in [6.45, 7) is 8.02. The lowest BCUT2D eigenvalue weighted by Crippen LogP contribution is -2.37. The minimum atomic E-state index is -0.582. The van der Waals surface area contributed by atoms with Gasteiger partial charge in [0.25, 0.3) is 6.47 Å². The summed E-state index contributed by atoms with van der Waals surface area (Å²) in [5, 5.41) is 7.15. The number of pyridine rings is 1. The van der Waals surface area contributed by atoms with Crippen molar-refractivity contribution in [2.45, 2.75) is 38.7 Å². The first kappa shape index (κ1) is 25.8. The number of hydrogen-bond donors (Lipinski definition) is 1. The van der Waals surface area contributed by atoms with E-state index in [1.807, 2.05) is 40.9 Å². The molecule has 2 aromatic rings. The van der Waals surface area contributed by atoms with E-state index >= 15 is 4.39 Å². The highest BCUT2D eigenvalue weighted by atomic mass is 19.1. The Bertz CT molecular complexity index is 1040. The van der Waals surface area contributed by atoms with Gasteiger partial charge in [-0.2, -0.15) is 5.10 Å². The third kappa shape index (κ3) is 7.10. The summed E-state index contributed by atoms with van der Waals surface area (Å²) in [5.41, 5.74) is 3.51. The molecule has 2 unspecified atom stereocenters. The normalized spacial score (nSPS) is 15.7. The van der Waals surface area contributed by atoms with Crippen LogP contribution in [0.1, 0.15) is 23.9 Å². The number of amides is 1. The Morgan fingerprint density at radius 1 is 1.37 bits per heavy atom. The Hall–Kier alpha value is -3.79. The van der Waals surface area contributed by atoms with Crippen LogP contribution in [0.15, 0.2) is 66.9 Å². The van der Waals surface area contributed by atoms with Gasteiger partial charge in [-0.15, -0.1) is 0 Å². The number of ether oxygens (including phenoxy) is 1. The van der Waals surface area contributed by atoms with E-state index in [1.54, 1.807) is 30.3 Å². The molecule has 1 aliphatic rings. The molecule has 1 aliphatic heterocycles. The predicted molar refractivity (Wildman–Crippen MR) is 129 cm³/mol. The Morgan fingerprint density at radius 2 is 2.20 bits per heavy atom. The maximum absolute atomic E-state index is 15.3. The average molecular weight is 483 g/mol. The Morgan fingerprint density at radius 3 is 2.86 bits per heavy atom. The summed E-state index contributed by atoms with van der Waals surface area (Å²) in [7, 11) is 1.75. The molecule has 0 radical (unpaired) electrons. The van der Waals surface area contributed by atoms with Crippen LogP contribution in [0.5, 0.6) is 0 Å². The van der Waals surface area contributed by atoms with Crippen molar-refractivity contribution in [3.05, 3.63) is 83.9 Å². The molecule has 0 saturated heterocycles. The standard InChI is InChI=1S/C25H31FN6O3/c1-4-7-22(30(3)15-23(35-18-34)11-27-17-33)10-24(26)19(2)31-12-20-13-32(29-25(20)16-31)14-21-8-5-6-9-28-21/h4-10,13,17-19,23H,1,11-12,14-16H2,2-3H3,(H,27,33)/b22-7+,24-10+. The number of halogens is 1. The van der Waals surface area contributed by atoms with Gasteiger partial charge in [-0.1, -0.05) is 18.7 Å². The molecule has 1 N–H and O–H groups in total. The quantitative estimate of drug-likeness (QED) is 0.326. The number of carbonyl (C=O) groups is 2. The monoisotopic (exact) mass is 482 g/mol. The van der Waals surface area contributed by atoms with Crippen molar-refractivity contribution in [3.63, 3.8) is 0 Å². The number of nitrogens with one attached hydrogen (secondary N) is 1. The van der Waals surface area contributed by atoms with Crippen molar-refractivity contribution in [1.82, 2.24) is 29.9 Å². The van der Waals surface area contributed by atoms with Crippen molar-refractivity contribution in [2.75, 3.05) is 20.1 Å². The third-order valence-corrected chi connectivity index (χ3v) is 5.82. The molecule has 3 rings (SSSR count). The highest BCUT2D eigenvalue weighted by Gasteiger charge is 2.28. The minimum absolute atomic E-state index is 0.152. The molecule has 2 atom stereocenters. The molecular weight excluding hydrogens is 451 g/mol. The molecular formula is C25H31FN6O3. The van der Waals surface area contributed by atoms with Crippen LogP contribution in [-0.2, 0) is 34.0 Å². The van der Waals surface area contributed by atoms with Crippen LogP contribution in [0.2, 0.25) is 0 Å². The lowest BCUT2D eigenvalue weighted by atomic mass is 10.2. The topological polar surface area (TPSA) is 92.6 Å². The van der Waals surface area contributed by atoms with E-state index in [2.05, 4.69) is 22.0 Å². The summed E-state index contributed by atoms with van der Waals surface area (Å²) >= 11 is 0. The maximum Gasteiger partial charge on any atom is 0.293 e. The van der Waals surface area contributed by atoms with Gasteiger partial charge in [0, 0.05) is 43.8 Å². The Labute approximate surface area is 204 Å².